The third kappa shape index (κ3) is 4.61. The van der Waals surface area contributed by atoms with Gasteiger partial charge in [-0.3, -0.25) is 0 Å². The smallest absolute Gasteiger partial charge is 0.392 e. The van der Waals surface area contributed by atoms with Gasteiger partial charge in [-0.25, -0.2) is 0 Å². The van der Waals surface area contributed by atoms with Gasteiger partial charge in [0.2, 0.25) is 0 Å². The third-order valence-corrected chi connectivity index (χ3v) is 3.36. The molecule has 0 saturated heterocycles. The number of alkyl halides is 3. The maximum Gasteiger partial charge on any atom is 0.418 e. The summed E-state index contributed by atoms with van der Waals surface area (Å²) in [6, 6.07) is 3.96. The van der Waals surface area contributed by atoms with Crippen LogP contribution >= 0.6 is 0 Å². The minimum absolute atomic E-state index is 0.0499. The minimum atomic E-state index is -4.44. The van der Waals surface area contributed by atoms with Crippen molar-refractivity contribution in [2.75, 3.05) is 32.1 Å². The topological polar surface area (TPSA) is 26.7 Å². The highest BCUT2D eigenvalue weighted by atomic mass is 19.4. The molecule has 1 unspecified atom stereocenters. The molecule has 1 atom stereocenters. The van der Waals surface area contributed by atoms with Crippen LogP contribution in [-0.2, 0) is 12.8 Å². The van der Waals surface area contributed by atoms with Crippen LogP contribution in [-0.4, -0.2) is 43.2 Å². The van der Waals surface area contributed by atoms with Gasteiger partial charge in [-0.05, 0) is 45.6 Å². The maximum atomic E-state index is 13.3. The maximum absolute atomic E-state index is 13.3. The van der Waals surface area contributed by atoms with E-state index in [0.29, 0.717) is 13.1 Å². The summed E-state index contributed by atoms with van der Waals surface area (Å²) in [6.45, 7) is 4.49. The van der Waals surface area contributed by atoms with Crippen LogP contribution in [0.1, 0.15) is 25.0 Å². The van der Waals surface area contributed by atoms with Crippen LogP contribution in [0, 0.1) is 0 Å². The Kier molecular flexibility index (Phi) is 6.04. The highest BCUT2D eigenvalue weighted by Gasteiger charge is 2.35. The van der Waals surface area contributed by atoms with Crippen molar-refractivity contribution in [3.63, 3.8) is 0 Å². The molecule has 0 bridgehead atoms. The fraction of sp³-hybridized carbons (Fsp3) is 0.600. The summed E-state index contributed by atoms with van der Waals surface area (Å²) in [6.07, 6.45) is -4.44. The fourth-order valence-electron chi connectivity index (χ4n) is 2.51. The Morgan fingerprint density at radius 3 is 2.29 bits per heavy atom. The van der Waals surface area contributed by atoms with E-state index < -0.39 is 18.3 Å². The Bertz CT molecular complexity index is 461. The molecule has 0 heterocycles. The fourth-order valence-corrected chi connectivity index (χ4v) is 2.51. The summed E-state index contributed by atoms with van der Waals surface area (Å²) < 4.78 is 39.8. The van der Waals surface area contributed by atoms with E-state index in [1.165, 1.54) is 12.1 Å². The number of rotatable bonds is 6. The number of hydrogen-bond acceptors (Lipinski definition) is 3. The number of halogens is 3. The average Bonchev–Trinajstić information content (AvgIpc) is 2.37. The van der Waals surface area contributed by atoms with Crippen molar-refractivity contribution in [3.05, 3.63) is 29.3 Å². The number of anilines is 1. The molecule has 120 valence electrons. The first-order valence-corrected chi connectivity index (χ1v) is 6.93. The van der Waals surface area contributed by atoms with Gasteiger partial charge < -0.3 is 14.9 Å². The predicted octanol–water partition coefficient (Wildman–Crippen LogP) is 2.97. The van der Waals surface area contributed by atoms with Crippen LogP contribution in [0.4, 0.5) is 18.9 Å². The van der Waals surface area contributed by atoms with Gasteiger partial charge in [0, 0.05) is 24.8 Å². The summed E-state index contributed by atoms with van der Waals surface area (Å²) in [4.78, 5) is 3.69. The van der Waals surface area contributed by atoms with Gasteiger partial charge in [0.1, 0.15) is 0 Å². The highest BCUT2D eigenvalue weighted by molar-refractivity contribution is 5.57. The molecule has 0 aromatic heterocycles. The first kappa shape index (κ1) is 17.8. The average molecular weight is 304 g/mol. The second-order valence-electron chi connectivity index (χ2n) is 5.40. The second-order valence-corrected chi connectivity index (χ2v) is 5.40. The Balaban J connectivity index is 3.25. The van der Waals surface area contributed by atoms with E-state index in [1.807, 2.05) is 32.8 Å². The number of aliphatic hydroxyl groups is 1. The molecule has 0 spiro atoms. The zero-order valence-corrected chi connectivity index (χ0v) is 12.9. The van der Waals surface area contributed by atoms with E-state index in [-0.39, 0.29) is 17.3 Å². The van der Waals surface area contributed by atoms with Crippen LogP contribution in [0.2, 0.25) is 0 Å². The summed E-state index contributed by atoms with van der Waals surface area (Å²) in [5, 5.41) is 9.05. The molecule has 0 fully saturated rings. The quantitative estimate of drug-likeness (QED) is 0.875. The van der Waals surface area contributed by atoms with Crippen molar-refractivity contribution in [1.29, 1.82) is 0 Å². The summed E-state index contributed by atoms with van der Waals surface area (Å²) in [7, 11) is 3.79. The lowest BCUT2D eigenvalue weighted by Gasteiger charge is -2.34. The number of hydrogen-bond donors (Lipinski definition) is 1. The van der Waals surface area contributed by atoms with Gasteiger partial charge in [-0.1, -0.05) is 6.07 Å². The van der Waals surface area contributed by atoms with E-state index in [0.717, 1.165) is 6.07 Å². The van der Waals surface area contributed by atoms with Crippen molar-refractivity contribution >= 4 is 5.69 Å². The van der Waals surface area contributed by atoms with E-state index in [1.54, 1.807) is 4.90 Å². The lowest BCUT2D eigenvalue weighted by molar-refractivity contribution is -0.137. The van der Waals surface area contributed by atoms with Crippen LogP contribution < -0.4 is 4.90 Å². The van der Waals surface area contributed by atoms with E-state index in [4.69, 9.17) is 5.11 Å². The van der Waals surface area contributed by atoms with Gasteiger partial charge in [0.25, 0.3) is 0 Å². The third-order valence-electron chi connectivity index (χ3n) is 3.36. The lowest BCUT2D eigenvalue weighted by Crippen LogP contribution is -2.41. The molecule has 1 aromatic carbocycles. The molecule has 6 heteroatoms. The molecule has 0 saturated carbocycles. The van der Waals surface area contributed by atoms with Crippen LogP contribution in [0.5, 0.6) is 0 Å². The first-order chi connectivity index (χ1) is 9.70. The Morgan fingerprint density at radius 2 is 1.86 bits per heavy atom. The minimum Gasteiger partial charge on any atom is -0.392 e. The second kappa shape index (κ2) is 7.13. The van der Waals surface area contributed by atoms with Gasteiger partial charge in [-0.2, -0.15) is 13.2 Å². The molecule has 1 rings (SSSR count). The Morgan fingerprint density at radius 1 is 1.24 bits per heavy atom. The summed E-state index contributed by atoms with van der Waals surface area (Å²) >= 11 is 0. The molecule has 3 nitrogen and oxygen atoms in total. The van der Waals surface area contributed by atoms with E-state index in [9.17, 15) is 13.2 Å². The first-order valence-electron chi connectivity index (χ1n) is 6.93. The van der Waals surface area contributed by atoms with Crippen molar-refractivity contribution in [2.45, 2.75) is 32.7 Å². The van der Waals surface area contributed by atoms with Gasteiger partial charge in [0.15, 0.2) is 0 Å². The molecule has 0 amide bonds. The number of nitrogens with zero attached hydrogens (tertiary/aromatic N) is 2. The molecule has 0 radical (unpaired) electrons. The summed E-state index contributed by atoms with van der Waals surface area (Å²) in [5.74, 6) is 0. The summed E-state index contributed by atoms with van der Waals surface area (Å²) in [5.41, 5.74) is -0.263. The van der Waals surface area contributed by atoms with Gasteiger partial charge >= 0.3 is 6.18 Å². The molecule has 0 aliphatic heterocycles. The van der Waals surface area contributed by atoms with E-state index in [2.05, 4.69) is 0 Å². The molecule has 1 N–H and O–H groups in total. The predicted molar refractivity (Wildman–Crippen MR) is 78.4 cm³/mol. The standard InChI is InChI=1S/C15H23F3N2O/c1-5-20(11(2)9-19(3)4)14-7-6-12(10-21)8-13(14)15(16,17)18/h6-8,11,21H,5,9-10H2,1-4H3. The number of aliphatic hydroxyl groups excluding tert-OH is 1. The zero-order valence-electron chi connectivity index (χ0n) is 12.9. The molecule has 21 heavy (non-hydrogen) atoms. The van der Waals surface area contributed by atoms with Crippen LogP contribution in [0.25, 0.3) is 0 Å². The van der Waals surface area contributed by atoms with E-state index >= 15 is 0 Å². The van der Waals surface area contributed by atoms with Crippen molar-refractivity contribution < 1.29 is 18.3 Å². The molecule has 1 aromatic rings. The Hall–Kier alpha value is -1.27. The number of benzene rings is 1. The molecular weight excluding hydrogens is 281 g/mol. The van der Waals surface area contributed by atoms with Gasteiger partial charge in [-0.15, -0.1) is 0 Å². The number of likely N-dealkylation sites (N-methyl/N-ethyl adjacent to an activating group) is 2. The SMILES string of the molecule is CCN(c1ccc(CO)cc1C(F)(F)F)C(C)CN(C)C. The monoisotopic (exact) mass is 304 g/mol. The van der Waals surface area contributed by atoms with Crippen molar-refractivity contribution in [2.24, 2.45) is 0 Å². The normalized spacial score (nSPS) is 13.6. The van der Waals surface area contributed by atoms with Crippen molar-refractivity contribution in [1.82, 2.24) is 4.90 Å². The Labute approximate surface area is 124 Å². The molecular formula is C15H23F3N2O. The van der Waals surface area contributed by atoms with Crippen LogP contribution in [0.15, 0.2) is 18.2 Å². The van der Waals surface area contributed by atoms with Crippen LogP contribution in [0.3, 0.4) is 0 Å². The highest BCUT2D eigenvalue weighted by Crippen LogP contribution is 2.38. The van der Waals surface area contributed by atoms with Crippen molar-refractivity contribution in [3.8, 4) is 0 Å². The van der Waals surface area contributed by atoms with Gasteiger partial charge in [0.05, 0.1) is 12.2 Å². The largest absolute Gasteiger partial charge is 0.418 e. The molecule has 0 aliphatic rings. The lowest BCUT2D eigenvalue weighted by atomic mass is 10.1. The molecule has 0 aliphatic carbocycles. The zero-order chi connectivity index (χ0) is 16.2.